The number of carboxylic acid groups (broad SMARTS) is 4. The van der Waals surface area contributed by atoms with Crippen molar-refractivity contribution in [2.75, 3.05) is 98.2 Å². The van der Waals surface area contributed by atoms with Crippen LogP contribution in [0.5, 0.6) is 0 Å². The van der Waals surface area contributed by atoms with Crippen molar-refractivity contribution in [2.24, 2.45) is 0 Å². The minimum absolute atomic E-state index is 0.00367. The minimum Gasteiger partial charge on any atom is -0.480 e. The maximum atomic E-state index is 11.4. The highest BCUT2D eigenvalue weighted by atomic mass is 16.4. The van der Waals surface area contributed by atoms with Crippen molar-refractivity contribution in [3.8, 4) is 0 Å². The molecule has 0 radical (unpaired) electrons. The summed E-state index contributed by atoms with van der Waals surface area (Å²) in [6.07, 6.45) is -0.484. The van der Waals surface area contributed by atoms with E-state index in [1.54, 1.807) is 14.7 Å². The summed E-state index contributed by atoms with van der Waals surface area (Å²) in [4.78, 5) is 53.8. The molecule has 1 rings (SSSR count). The third kappa shape index (κ3) is 14.5. The van der Waals surface area contributed by atoms with Crippen LogP contribution in [0.15, 0.2) is 0 Å². The Morgan fingerprint density at radius 3 is 1.34 bits per heavy atom. The first-order valence-corrected chi connectivity index (χ1v) is 12.7. The second-order valence-electron chi connectivity index (χ2n) is 9.53. The van der Waals surface area contributed by atoms with Gasteiger partial charge in [0, 0.05) is 71.5 Å². The molecule has 2 atom stereocenters. The molecule has 2 unspecified atom stereocenters. The first-order chi connectivity index (χ1) is 17.9. The van der Waals surface area contributed by atoms with Gasteiger partial charge < -0.3 is 30.6 Å². The van der Waals surface area contributed by atoms with Crippen LogP contribution in [-0.4, -0.2) is 189 Å². The predicted octanol–water partition coefficient (Wildman–Crippen LogP) is -3.02. The van der Waals surface area contributed by atoms with Crippen LogP contribution in [0, 0.1) is 0 Å². The number of β-amino-alcohol motifs (C(OH)–C–C–N with tert-alkyl or cyclic N) is 1. The van der Waals surface area contributed by atoms with E-state index in [0.717, 1.165) is 0 Å². The highest BCUT2D eigenvalue weighted by Crippen LogP contribution is 2.08. The maximum Gasteiger partial charge on any atom is 0.317 e. The Kier molecular flexibility index (Phi) is 15.9. The predicted molar refractivity (Wildman–Crippen MR) is 135 cm³/mol. The van der Waals surface area contributed by atoms with Gasteiger partial charge >= 0.3 is 23.9 Å². The summed E-state index contributed by atoms with van der Waals surface area (Å²) in [5, 5.41) is 57.6. The van der Waals surface area contributed by atoms with E-state index in [1.165, 1.54) is 4.90 Å². The SMILES string of the molecule is CCC(CO)N(CC(=O)O)CC(O)CN1CCN(CC(=O)O)CCN(CC(=O)O)CCN(CC(=O)O)CC1. The van der Waals surface area contributed by atoms with Gasteiger partial charge in [-0.05, 0) is 6.42 Å². The normalized spacial score (nSPS) is 19.4. The molecule has 1 aliphatic rings. The lowest BCUT2D eigenvalue weighted by molar-refractivity contribution is -0.141. The molecule has 1 saturated heterocycles. The fourth-order valence-corrected chi connectivity index (χ4v) is 4.46. The Morgan fingerprint density at radius 1 is 0.684 bits per heavy atom. The van der Waals surface area contributed by atoms with Crippen LogP contribution < -0.4 is 0 Å². The molecule has 6 N–H and O–H groups in total. The molecule has 1 heterocycles. The van der Waals surface area contributed by atoms with Crippen LogP contribution in [0.3, 0.4) is 0 Å². The van der Waals surface area contributed by atoms with Crippen molar-refractivity contribution in [3.05, 3.63) is 0 Å². The molecule has 0 amide bonds. The van der Waals surface area contributed by atoms with Gasteiger partial charge in [0.1, 0.15) is 0 Å². The van der Waals surface area contributed by atoms with Crippen LogP contribution in [0.25, 0.3) is 0 Å². The van der Waals surface area contributed by atoms with Crippen LogP contribution in [0.1, 0.15) is 13.3 Å². The molecule has 38 heavy (non-hydrogen) atoms. The Bertz CT molecular complexity index is 722. The highest BCUT2D eigenvalue weighted by molar-refractivity contribution is 5.70. The van der Waals surface area contributed by atoms with E-state index in [4.69, 9.17) is 0 Å². The fourth-order valence-electron chi connectivity index (χ4n) is 4.46. The van der Waals surface area contributed by atoms with Crippen LogP contribution in [0.2, 0.25) is 0 Å². The van der Waals surface area contributed by atoms with E-state index in [0.29, 0.717) is 32.6 Å². The van der Waals surface area contributed by atoms with Crippen molar-refractivity contribution in [1.29, 1.82) is 0 Å². The zero-order valence-corrected chi connectivity index (χ0v) is 22.0. The van der Waals surface area contributed by atoms with Crippen molar-refractivity contribution in [2.45, 2.75) is 25.5 Å². The topological polar surface area (TPSA) is 206 Å². The number of hydrogen-bond donors (Lipinski definition) is 6. The van der Waals surface area contributed by atoms with Gasteiger partial charge in [-0.25, -0.2) is 0 Å². The van der Waals surface area contributed by atoms with E-state index in [2.05, 4.69) is 0 Å². The first-order valence-electron chi connectivity index (χ1n) is 12.7. The first kappa shape index (κ1) is 33.6. The molecule has 0 aromatic heterocycles. The molecule has 0 aromatic carbocycles. The summed E-state index contributed by atoms with van der Waals surface area (Å²) in [6.45, 7) is 3.06. The van der Waals surface area contributed by atoms with E-state index < -0.39 is 36.0 Å². The van der Waals surface area contributed by atoms with Crippen LogP contribution >= 0.6 is 0 Å². The van der Waals surface area contributed by atoms with Crippen molar-refractivity contribution < 1.29 is 49.8 Å². The second kappa shape index (κ2) is 18.0. The van der Waals surface area contributed by atoms with E-state index in [-0.39, 0.29) is 72.1 Å². The van der Waals surface area contributed by atoms with Gasteiger partial charge in [0.25, 0.3) is 0 Å². The fraction of sp³-hybridized carbons (Fsp3) is 0.826. The largest absolute Gasteiger partial charge is 0.480 e. The molecular weight excluding hydrogens is 506 g/mol. The number of carboxylic acids is 4. The second-order valence-corrected chi connectivity index (χ2v) is 9.53. The zero-order valence-electron chi connectivity index (χ0n) is 22.0. The summed E-state index contributed by atoms with van der Waals surface area (Å²) in [5.41, 5.74) is 0. The van der Waals surface area contributed by atoms with Crippen molar-refractivity contribution >= 4 is 23.9 Å². The summed E-state index contributed by atoms with van der Waals surface area (Å²) in [5.74, 6) is -4.17. The average Bonchev–Trinajstić information content (AvgIpc) is 2.80. The quantitative estimate of drug-likeness (QED) is 0.120. The molecule has 15 heteroatoms. The molecule has 1 fully saturated rings. The molecule has 15 nitrogen and oxygen atoms in total. The number of aliphatic hydroxyl groups is 2. The molecule has 220 valence electrons. The monoisotopic (exact) mass is 549 g/mol. The molecule has 1 aliphatic heterocycles. The number of aliphatic hydroxyl groups excluding tert-OH is 2. The van der Waals surface area contributed by atoms with Gasteiger partial charge in [0.15, 0.2) is 0 Å². The highest BCUT2D eigenvalue weighted by Gasteiger charge is 2.25. The van der Waals surface area contributed by atoms with E-state index in [9.17, 15) is 49.8 Å². The lowest BCUT2D eigenvalue weighted by Crippen LogP contribution is -2.51. The lowest BCUT2D eigenvalue weighted by Gasteiger charge is -2.35. The maximum absolute atomic E-state index is 11.4. The van der Waals surface area contributed by atoms with E-state index in [1.807, 2.05) is 11.8 Å². The van der Waals surface area contributed by atoms with E-state index >= 15 is 0 Å². The van der Waals surface area contributed by atoms with Gasteiger partial charge in [-0.2, -0.15) is 0 Å². The number of nitrogens with zero attached hydrogens (tertiary/aromatic N) is 5. The number of carbonyl (C=O) groups is 4. The van der Waals surface area contributed by atoms with Crippen molar-refractivity contribution in [1.82, 2.24) is 24.5 Å². The zero-order chi connectivity index (χ0) is 28.7. The number of hydrogen-bond acceptors (Lipinski definition) is 11. The van der Waals surface area contributed by atoms with Gasteiger partial charge in [-0.15, -0.1) is 0 Å². The summed E-state index contributed by atoms with van der Waals surface area (Å²) >= 11 is 0. The smallest absolute Gasteiger partial charge is 0.317 e. The van der Waals surface area contributed by atoms with Gasteiger partial charge in [0.05, 0.1) is 38.9 Å². The Hall–Kier alpha value is -2.40. The number of aliphatic carboxylic acids is 4. The third-order valence-corrected chi connectivity index (χ3v) is 6.46. The molecule has 0 aliphatic carbocycles. The molecule has 0 spiro atoms. The van der Waals surface area contributed by atoms with Gasteiger partial charge in [0.2, 0.25) is 0 Å². The van der Waals surface area contributed by atoms with Crippen LogP contribution in [0.4, 0.5) is 0 Å². The summed E-state index contributed by atoms with van der Waals surface area (Å²) < 4.78 is 0. The average molecular weight is 550 g/mol. The number of rotatable bonds is 15. The van der Waals surface area contributed by atoms with Crippen LogP contribution in [-0.2, 0) is 19.2 Å². The Labute approximate surface area is 222 Å². The van der Waals surface area contributed by atoms with Gasteiger partial charge in [-0.1, -0.05) is 6.92 Å². The lowest BCUT2D eigenvalue weighted by atomic mass is 10.1. The summed E-state index contributed by atoms with van der Waals surface area (Å²) in [7, 11) is 0. The molecular formula is C23H43N5O10. The van der Waals surface area contributed by atoms with Gasteiger partial charge in [-0.3, -0.25) is 43.7 Å². The Morgan fingerprint density at radius 2 is 1.05 bits per heavy atom. The minimum atomic E-state index is -1.08. The van der Waals surface area contributed by atoms with Crippen molar-refractivity contribution in [3.63, 3.8) is 0 Å². The molecule has 0 saturated carbocycles. The third-order valence-electron chi connectivity index (χ3n) is 6.46. The molecule has 0 aromatic rings. The molecule has 0 bridgehead atoms. The standard InChI is InChI=1S/C23H43N5O10/c1-2-18(17-29)28(16-23(37)38)12-19(30)11-24-3-5-25(13-20(31)32)7-9-27(15-22(35)36)10-8-26(6-4-24)14-21(33)34/h18-19,29-30H,2-17H2,1H3,(H,31,32)(H,33,34)(H,35,36)(H,37,38). The summed E-state index contributed by atoms with van der Waals surface area (Å²) in [6, 6.07) is -0.432. The Balaban J connectivity index is 3.02.